The summed E-state index contributed by atoms with van der Waals surface area (Å²) < 4.78 is 41.9. The zero-order valence-electron chi connectivity index (χ0n) is 23.5. The molecule has 1 unspecified atom stereocenters. The number of para-hydroxylation sites is 1. The quantitative estimate of drug-likeness (QED) is 0.252. The third-order valence-corrected chi connectivity index (χ3v) is 7.00. The molecule has 1 saturated heterocycles. The Labute approximate surface area is 239 Å². The molecule has 0 amide bonds. The minimum Gasteiger partial charge on any atom is -0.494 e. The van der Waals surface area contributed by atoms with Crippen molar-refractivity contribution in [2.75, 3.05) is 24.4 Å². The molecule has 0 saturated carbocycles. The monoisotopic (exact) mass is 577 g/mol. The Morgan fingerprint density at radius 3 is 2.60 bits per heavy atom. The van der Waals surface area contributed by atoms with E-state index < -0.39 is 18.5 Å². The summed E-state index contributed by atoms with van der Waals surface area (Å²) in [5.74, 6) is 1.20. The van der Waals surface area contributed by atoms with Gasteiger partial charge in [0, 0.05) is 12.7 Å². The summed E-state index contributed by atoms with van der Waals surface area (Å²) >= 11 is 0. The van der Waals surface area contributed by atoms with Gasteiger partial charge >= 0.3 is 0 Å². The molecular formula is C27H29F2N11O2. The first-order valence-corrected chi connectivity index (χ1v) is 13.4. The van der Waals surface area contributed by atoms with E-state index in [1.807, 2.05) is 13.8 Å². The van der Waals surface area contributed by atoms with E-state index in [1.54, 1.807) is 37.5 Å². The van der Waals surface area contributed by atoms with Crippen molar-refractivity contribution in [1.82, 2.24) is 44.7 Å². The number of fused-ring (bicyclic) bond motifs is 1. The topological polar surface area (TPSA) is 143 Å². The highest BCUT2D eigenvalue weighted by Gasteiger charge is 2.29. The second-order valence-electron chi connectivity index (χ2n) is 9.85. The smallest absolute Gasteiger partial charge is 0.295 e. The largest absolute Gasteiger partial charge is 0.494 e. The van der Waals surface area contributed by atoms with Crippen LogP contribution < -0.4 is 15.4 Å². The molecule has 2 N–H and O–H groups in total. The number of imidazole rings is 1. The van der Waals surface area contributed by atoms with Crippen LogP contribution in [0.3, 0.4) is 0 Å². The first kappa shape index (κ1) is 27.4. The number of tetrazole rings is 1. The van der Waals surface area contributed by atoms with Crippen molar-refractivity contribution in [3.63, 3.8) is 0 Å². The van der Waals surface area contributed by atoms with Gasteiger partial charge in [-0.2, -0.15) is 4.80 Å². The number of hydrogen-bond acceptors (Lipinski definition) is 11. The minimum atomic E-state index is -2.85. The van der Waals surface area contributed by atoms with Crippen molar-refractivity contribution in [1.29, 1.82) is 0 Å². The molecule has 0 bridgehead atoms. The first-order chi connectivity index (χ1) is 20.3. The standard InChI is InChI=1S/C27H29F2N11O2/c1-14-15(2)31-20(13-30-14)33-19-12-18(32-17-9-7-8-16(23(17)41-4)25-36-38-39(3)37-25)22-26(34-19)40(27(35-22)24(28)29)21-10-5-6-11-42-21/h7-9,12-13,21,24H,5-6,10-11H2,1-4H3,(H2,31,32,33,34). The summed E-state index contributed by atoms with van der Waals surface area (Å²) in [6.07, 6.45) is 0.396. The molecule has 1 aliphatic heterocycles. The molecule has 1 atom stereocenters. The fraction of sp³-hybridized carbons (Fsp3) is 0.370. The Bertz CT molecular complexity index is 1750. The molecule has 1 aromatic carbocycles. The number of halogens is 2. The van der Waals surface area contributed by atoms with E-state index in [0.717, 1.165) is 24.2 Å². The van der Waals surface area contributed by atoms with Crippen molar-refractivity contribution >= 4 is 34.2 Å². The van der Waals surface area contributed by atoms with Gasteiger partial charge in [-0.3, -0.25) is 9.55 Å². The number of hydrogen-bond donors (Lipinski definition) is 2. The van der Waals surface area contributed by atoms with Gasteiger partial charge in [-0.1, -0.05) is 6.07 Å². The molecule has 1 fully saturated rings. The van der Waals surface area contributed by atoms with Gasteiger partial charge in [-0.25, -0.2) is 23.7 Å². The molecule has 0 radical (unpaired) electrons. The fourth-order valence-corrected chi connectivity index (χ4v) is 4.91. The molecule has 5 heterocycles. The summed E-state index contributed by atoms with van der Waals surface area (Å²) in [6, 6.07) is 7.08. The van der Waals surface area contributed by atoms with Crippen molar-refractivity contribution in [2.24, 2.45) is 7.05 Å². The third-order valence-electron chi connectivity index (χ3n) is 7.00. The maximum Gasteiger partial charge on any atom is 0.295 e. The minimum absolute atomic E-state index is 0.243. The Balaban J connectivity index is 1.51. The van der Waals surface area contributed by atoms with Gasteiger partial charge in [0.2, 0.25) is 5.82 Å². The highest BCUT2D eigenvalue weighted by Crippen LogP contribution is 2.40. The van der Waals surface area contributed by atoms with Crippen LogP contribution in [0.4, 0.5) is 31.8 Å². The molecule has 0 spiro atoms. The molecule has 13 nitrogen and oxygen atoms in total. The van der Waals surface area contributed by atoms with E-state index in [0.29, 0.717) is 53.2 Å². The Kier molecular flexibility index (Phi) is 7.33. The van der Waals surface area contributed by atoms with E-state index in [-0.39, 0.29) is 11.2 Å². The van der Waals surface area contributed by atoms with Crippen molar-refractivity contribution in [3.05, 3.63) is 47.7 Å². The number of nitrogens with zero attached hydrogens (tertiary/aromatic N) is 9. The molecule has 4 aromatic heterocycles. The lowest BCUT2D eigenvalue weighted by Crippen LogP contribution is -2.20. The average Bonchev–Trinajstić information content (AvgIpc) is 3.59. The maximum atomic E-state index is 14.4. The Morgan fingerprint density at radius 2 is 1.90 bits per heavy atom. The first-order valence-electron chi connectivity index (χ1n) is 13.4. The van der Waals surface area contributed by atoms with Gasteiger partial charge in [0.25, 0.3) is 6.43 Å². The SMILES string of the molecule is COc1c(Nc2cc(Nc3cnc(C)c(C)n3)nc3c2nc(C(F)F)n3C2CCCCO2)cccc1-c1nnn(C)n1. The van der Waals surface area contributed by atoms with Gasteiger partial charge in [0.1, 0.15) is 23.4 Å². The summed E-state index contributed by atoms with van der Waals surface area (Å²) in [7, 11) is 3.19. The van der Waals surface area contributed by atoms with Crippen LogP contribution in [-0.2, 0) is 11.8 Å². The number of benzene rings is 1. The second kappa shape index (κ2) is 11.2. The summed E-state index contributed by atoms with van der Waals surface area (Å²) in [5, 5.41) is 18.8. The van der Waals surface area contributed by atoms with Crippen molar-refractivity contribution in [2.45, 2.75) is 45.8 Å². The van der Waals surface area contributed by atoms with Crippen LogP contribution in [-0.4, -0.2) is 58.4 Å². The highest BCUT2D eigenvalue weighted by molar-refractivity contribution is 5.92. The number of anilines is 4. The van der Waals surface area contributed by atoms with Gasteiger partial charge < -0.3 is 20.1 Å². The molecule has 0 aliphatic carbocycles. The van der Waals surface area contributed by atoms with E-state index in [1.165, 1.54) is 16.5 Å². The van der Waals surface area contributed by atoms with Gasteiger partial charge in [-0.15, -0.1) is 10.2 Å². The lowest BCUT2D eigenvalue weighted by atomic mass is 10.1. The van der Waals surface area contributed by atoms with E-state index in [2.05, 4.69) is 41.0 Å². The van der Waals surface area contributed by atoms with Crippen LogP contribution in [0.1, 0.15) is 49.1 Å². The average molecular weight is 578 g/mol. The number of ether oxygens (including phenoxy) is 2. The summed E-state index contributed by atoms with van der Waals surface area (Å²) in [5.41, 5.74) is 3.59. The highest BCUT2D eigenvalue weighted by atomic mass is 19.3. The fourth-order valence-electron chi connectivity index (χ4n) is 4.91. The lowest BCUT2D eigenvalue weighted by molar-refractivity contribution is -0.0363. The lowest BCUT2D eigenvalue weighted by Gasteiger charge is -2.25. The van der Waals surface area contributed by atoms with Crippen molar-refractivity contribution in [3.8, 4) is 17.1 Å². The normalized spacial score (nSPS) is 15.4. The van der Waals surface area contributed by atoms with Crippen LogP contribution in [0.2, 0.25) is 0 Å². The van der Waals surface area contributed by atoms with Crippen LogP contribution in [0, 0.1) is 13.8 Å². The number of aromatic nitrogens is 9. The number of rotatable bonds is 8. The predicted molar refractivity (Wildman–Crippen MR) is 150 cm³/mol. The van der Waals surface area contributed by atoms with Gasteiger partial charge in [-0.05, 0) is 50.5 Å². The van der Waals surface area contributed by atoms with E-state index in [9.17, 15) is 8.78 Å². The van der Waals surface area contributed by atoms with E-state index >= 15 is 0 Å². The molecular weight excluding hydrogens is 548 g/mol. The summed E-state index contributed by atoms with van der Waals surface area (Å²) in [4.78, 5) is 19.3. The van der Waals surface area contributed by atoms with Gasteiger partial charge in [0.15, 0.2) is 17.2 Å². The van der Waals surface area contributed by atoms with E-state index in [4.69, 9.17) is 14.5 Å². The number of pyridine rings is 1. The van der Waals surface area contributed by atoms with Crippen LogP contribution in [0.25, 0.3) is 22.6 Å². The number of alkyl halides is 2. The second-order valence-corrected chi connectivity index (χ2v) is 9.85. The van der Waals surface area contributed by atoms with Crippen LogP contribution in [0.15, 0.2) is 30.5 Å². The van der Waals surface area contributed by atoms with Crippen molar-refractivity contribution < 1.29 is 18.3 Å². The van der Waals surface area contributed by atoms with Gasteiger partial charge in [0.05, 0.1) is 48.7 Å². The molecule has 218 valence electrons. The predicted octanol–water partition coefficient (Wildman–Crippen LogP) is 5.16. The maximum absolute atomic E-state index is 14.4. The van der Waals surface area contributed by atoms with Crippen LogP contribution in [0.5, 0.6) is 5.75 Å². The number of aryl methyl sites for hydroxylation is 3. The molecule has 6 rings (SSSR count). The molecule has 42 heavy (non-hydrogen) atoms. The molecule has 15 heteroatoms. The number of nitrogens with one attached hydrogen (secondary N) is 2. The third kappa shape index (κ3) is 5.18. The molecule has 1 aliphatic rings. The number of methoxy groups -OCH3 is 1. The van der Waals surface area contributed by atoms with Crippen LogP contribution >= 0.6 is 0 Å². The zero-order chi connectivity index (χ0) is 29.4. The Hall–Kier alpha value is -4.79. The zero-order valence-corrected chi connectivity index (χ0v) is 23.5. The molecule has 5 aromatic rings. The summed E-state index contributed by atoms with van der Waals surface area (Å²) in [6.45, 7) is 4.19. The Morgan fingerprint density at radius 1 is 1.05 bits per heavy atom.